The third kappa shape index (κ3) is 3.24. The Bertz CT molecular complexity index is 1340. The highest BCUT2D eigenvalue weighted by Crippen LogP contribution is 2.52. The van der Waals surface area contributed by atoms with E-state index >= 15 is 0 Å². The predicted molar refractivity (Wildman–Crippen MR) is 118 cm³/mol. The Labute approximate surface area is 178 Å². The average Bonchev–Trinajstić information content (AvgIpc) is 3.26. The molecular weight excluding hydrogens is 418 g/mol. The molecule has 0 bridgehead atoms. The number of nitrogens with two attached hydrogens (primary N) is 1. The van der Waals surface area contributed by atoms with Crippen LogP contribution in [0.4, 0.5) is 5.95 Å². The molecule has 0 fully saturated rings. The molecule has 4 N–H and O–H groups in total. The maximum Gasteiger partial charge on any atom is 0.241 e. The van der Waals surface area contributed by atoms with Crippen molar-refractivity contribution >= 4 is 38.5 Å². The second-order valence-corrected chi connectivity index (χ2v) is 10.1. The van der Waals surface area contributed by atoms with Gasteiger partial charge in [0.2, 0.25) is 21.1 Å². The largest absolute Gasteiger partial charge is 0.368 e. The number of hydrogen-bond donors (Lipinski definition) is 3. The fraction of sp³-hybridized carbons (Fsp3) is 0.143. The molecule has 5 rings (SSSR count). The van der Waals surface area contributed by atoms with E-state index in [1.54, 1.807) is 24.3 Å². The molecule has 1 aliphatic carbocycles. The van der Waals surface area contributed by atoms with Crippen LogP contribution in [0.3, 0.4) is 0 Å². The minimum Gasteiger partial charge on any atom is -0.368 e. The molecule has 0 amide bonds. The number of H-pyrrole nitrogens is 1. The molecule has 30 heavy (non-hydrogen) atoms. The lowest BCUT2D eigenvalue weighted by Crippen LogP contribution is -2.30. The highest BCUT2D eigenvalue weighted by molar-refractivity contribution is 7.99. The quantitative estimate of drug-likeness (QED) is 0.439. The monoisotopic (exact) mass is 437 g/mol. The summed E-state index contributed by atoms with van der Waals surface area (Å²) in [7, 11) is -3.73. The molecule has 0 saturated carbocycles. The molecule has 0 unspecified atom stereocenters. The number of nitrogens with one attached hydrogen (secondary N) is 2. The van der Waals surface area contributed by atoms with Gasteiger partial charge in [-0.2, -0.15) is 4.98 Å². The van der Waals surface area contributed by atoms with Crippen molar-refractivity contribution in [1.29, 1.82) is 0 Å². The molecule has 0 spiro atoms. The fourth-order valence-electron chi connectivity index (χ4n) is 3.87. The lowest BCUT2D eigenvalue weighted by Gasteiger charge is -2.21. The number of aryl methyl sites for hydroxylation is 1. The molecule has 0 aliphatic heterocycles. The molecule has 0 saturated heterocycles. The Morgan fingerprint density at radius 2 is 1.73 bits per heavy atom. The van der Waals surface area contributed by atoms with Gasteiger partial charge in [-0.05, 0) is 41.0 Å². The zero-order chi connectivity index (χ0) is 20.9. The van der Waals surface area contributed by atoms with Crippen molar-refractivity contribution in [3.8, 4) is 0 Å². The van der Waals surface area contributed by atoms with Gasteiger partial charge in [0.1, 0.15) is 0 Å². The molecule has 1 heterocycles. The molecule has 0 radical (unpaired) electrons. The normalized spacial score (nSPS) is 18.2. The number of nitrogen functional groups attached to an aromatic ring is 1. The van der Waals surface area contributed by atoms with Crippen molar-refractivity contribution in [2.24, 2.45) is 0 Å². The van der Waals surface area contributed by atoms with Gasteiger partial charge in [0.25, 0.3) is 0 Å². The van der Waals surface area contributed by atoms with E-state index < -0.39 is 16.1 Å². The number of nitrogens with zero attached hydrogens (tertiary/aromatic N) is 2. The van der Waals surface area contributed by atoms with E-state index in [0.717, 1.165) is 27.5 Å². The van der Waals surface area contributed by atoms with Crippen LogP contribution in [0.15, 0.2) is 70.7 Å². The highest BCUT2D eigenvalue weighted by Gasteiger charge is 2.38. The molecule has 152 valence electrons. The van der Waals surface area contributed by atoms with E-state index in [0.29, 0.717) is 5.16 Å². The molecule has 7 nitrogen and oxygen atoms in total. The second kappa shape index (κ2) is 7.12. The standard InChI is InChI=1S/C21H19N5O2S2/c1-12-8-10-14(11-9-12)30(27,28)26-18-15-6-2-4-13-5-3-7-16(17(13)15)19(18)29-21-23-20(22)24-25-21/h2-11,18-19,26H,1H3,(H3,22,23,24,25)/t18-,19+/m0/s1. The van der Waals surface area contributed by atoms with E-state index in [-0.39, 0.29) is 16.1 Å². The van der Waals surface area contributed by atoms with E-state index in [1.807, 2.05) is 43.3 Å². The zero-order valence-electron chi connectivity index (χ0n) is 16.0. The van der Waals surface area contributed by atoms with Gasteiger partial charge in [-0.1, -0.05) is 65.9 Å². The van der Waals surface area contributed by atoms with Crippen LogP contribution >= 0.6 is 11.8 Å². The molecule has 1 aromatic heterocycles. The summed E-state index contributed by atoms with van der Waals surface area (Å²) in [4.78, 5) is 4.43. The van der Waals surface area contributed by atoms with Crippen LogP contribution in [-0.2, 0) is 10.0 Å². The van der Waals surface area contributed by atoms with Gasteiger partial charge < -0.3 is 5.73 Å². The molecule has 3 aromatic carbocycles. The summed E-state index contributed by atoms with van der Waals surface area (Å²) in [6, 6.07) is 18.4. The highest BCUT2D eigenvalue weighted by atomic mass is 32.2. The van der Waals surface area contributed by atoms with Crippen molar-refractivity contribution in [3.05, 3.63) is 77.4 Å². The number of anilines is 1. The van der Waals surface area contributed by atoms with E-state index in [2.05, 4.69) is 19.9 Å². The van der Waals surface area contributed by atoms with Crippen molar-refractivity contribution in [2.45, 2.75) is 28.3 Å². The van der Waals surface area contributed by atoms with Crippen LogP contribution < -0.4 is 10.5 Å². The van der Waals surface area contributed by atoms with Crippen molar-refractivity contribution in [3.63, 3.8) is 0 Å². The van der Waals surface area contributed by atoms with Gasteiger partial charge in [0, 0.05) is 0 Å². The Hall–Kier alpha value is -2.88. The Balaban J connectivity index is 1.59. The average molecular weight is 438 g/mol. The number of aromatic amines is 1. The first-order valence-electron chi connectivity index (χ1n) is 9.37. The number of sulfonamides is 1. The van der Waals surface area contributed by atoms with Gasteiger partial charge in [-0.25, -0.2) is 18.2 Å². The third-order valence-electron chi connectivity index (χ3n) is 5.24. The first-order valence-corrected chi connectivity index (χ1v) is 11.7. The molecule has 1 aliphatic rings. The summed E-state index contributed by atoms with van der Waals surface area (Å²) in [5.74, 6) is 0.225. The van der Waals surface area contributed by atoms with Crippen LogP contribution in [0, 0.1) is 6.92 Å². The summed E-state index contributed by atoms with van der Waals surface area (Å²) >= 11 is 1.39. The lowest BCUT2D eigenvalue weighted by molar-refractivity contribution is 0.557. The van der Waals surface area contributed by atoms with E-state index in [4.69, 9.17) is 5.73 Å². The van der Waals surface area contributed by atoms with Crippen LogP contribution in [0.25, 0.3) is 10.8 Å². The van der Waals surface area contributed by atoms with Crippen molar-refractivity contribution in [2.75, 3.05) is 5.73 Å². The number of rotatable bonds is 5. The summed E-state index contributed by atoms with van der Waals surface area (Å²) in [5, 5.41) is 9.15. The number of hydrogen-bond acceptors (Lipinski definition) is 6. The number of aromatic nitrogens is 3. The fourth-order valence-corrected chi connectivity index (χ4v) is 6.34. The van der Waals surface area contributed by atoms with Crippen molar-refractivity contribution < 1.29 is 8.42 Å². The lowest BCUT2D eigenvalue weighted by atomic mass is 10.1. The maximum absolute atomic E-state index is 13.2. The summed E-state index contributed by atoms with van der Waals surface area (Å²) in [6.07, 6.45) is 0. The maximum atomic E-state index is 13.2. The van der Waals surface area contributed by atoms with Crippen molar-refractivity contribution in [1.82, 2.24) is 19.9 Å². The predicted octanol–water partition coefficient (Wildman–Crippen LogP) is 3.72. The minimum absolute atomic E-state index is 0.225. The van der Waals surface area contributed by atoms with Gasteiger partial charge in [-0.3, -0.25) is 0 Å². The van der Waals surface area contributed by atoms with Gasteiger partial charge in [0.05, 0.1) is 16.2 Å². The topological polar surface area (TPSA) is 114 Å². The molecule has 2 atom stereocenters. The zero-order valence-corrected chi connectivity index (χ0v) is 17.7. The van der Waals surface area contributed by atoms with Crippen LogP contribution in [0.1, 0.15) is 28.0 Å². The first-order chi connectivity index (χ1) is 14.4. The third-order valence-corrected chi connectivity index (χ3v) is 7.87. The molecule has 4 aromatic rings. The Morgan fingerprint density at radius 1 is 1.03 bits per heavy atom. The Kier molecular flexibility index (Phi) is 4.53. The number of benzene rings is 3. The van der Waals surface area contributed by atoms with E-state index in [9.17, 15) is 8.42 Å². The summed E-state index contributed by atoms with van der Waals surface area (Å²) in [6.45, 7) is 1.92. The summed E-state index contributed by atoms with van der Waals surface area (Å²) in [5.41, 5.74) is 8.68. The smallest absolute Gasteiger partial charge is 0.241 e. The second-order valence-electron chi connectivity index (χ2n) is 7.25. The van der Waals surface area contributed by atoms with Gasteiger partial charge in [0.15, 0.2) is 0 Å². The first kappa shape index (κ1) is 19.1. The molecule has 9 heteroatoms. The number of thioether (sulfide) groups is 1. The minimum atomic E-state index is -3.73. The van der Waals surface area contributed by atoms with Crippen LogP contribution in [-0.4, -0.2) is 23.6 Å². The molecular formula is C21H19N5O2S2. The Morgan fingerprint density at radius 3 is 2.40 bits per heavy atom. The van der Waals surface area contributed by atoms with E-state index in [1.165, 1.54) is 11.8 Å². The van der Waals surface area contributed by atoms with Crippen LogP contribution in [0.2, 0.25) is 0 Å². The SMILES string of the molecule is Cc1ccc(S(=O)(=O)N[C@H]2c3cccc4cccc(c34)[C@H]2Sc2n[nH]c(N)n2)cc1. The van der Waals surface area contributed by atoms with Crippen LogP contribution in [0.5, 0.6) is 0 Å². The summed E-state index contributed by atoms with van der Waals surface area (Å²) < 4.78 is 29.3. The van der Waals surface area contributed by atoms with Gasteiger partial charge >= 0.3 is 0 Å². The van der Waals surface area contributed by atoms with Gasteiger partial charge in [-0.15, -0.1) is 5.10 Å².